The van der Waals surface area contributed by atoms with Gasteiger partial charge in [-0.15, -0.1) is 11.8 Å². The average Bonchev–Trinajstić information content (AvgIpc) is 2.48. The van der Waals surface area contributed by atoms with Gasteiger partial charge in [0.15, 0.2) is 0 Å². The summed E-state index contributed by atoms with van der Waals surface area (Å²) in [4.78, 5) is 17.5. The fraction of sp³-hybridized carbons (Fsp3) is 0.200. The summed E-state index contributed by atoms with van der Waals surface area (Å²) in [6.07, 6.45) is 1.95. The lowest BCUT2D eigenvalue weighted by Crippen LogP contribution is -2.16. The summed E-state index contributed by atoms with van der Waals surface area (Å²) in [5, 5.41) is 2.87. The maximum Gasteiger partial charge on any atom is 0.259 e. The highest BCUT2D eigenvalue weighted by Crippen LogP contribution is 2.29. The van der Waals surface area contributed by atoms with Crippen LogP contribution in [0.25, 0.3) is 0 Å². The molecule has 2 rings (SSSR count). The van der Waals surface area contributed by atoms with Crippen LogP contribution in [0.1, 0.15) is 16.1 Å². The minimum atomic E-state index is -0.289. The largest absolute Gasteiger partial charge is 0.383 e. The maximum absolute atomic E-state index is 12.4. The van der Waals surface area contributed by atoms with E-state index in [9.17, 15) is 4.79 Å². The van der Waals surface area contributed by atoms with E-state index in [-0.39, 0.29) is 11.7 Å². The van der Waals surface area contributed by atoms with Crippen molar-refractivity contribution in [2.75, 3.05) is 24.4 Å². The van der Waals surface area contributed by atoms with Crippen molar-refractivity contribution in [2.45, 2.75) is 11.5 Å². The van der Waals surface area contributed by atoms with Gasteiger partial charge in [0, 0.05) is 16.5 Å². The Kier molecular flexibility index (Phi) is 5.82. The fourth-order valence-electron chi connectivity index (χ4n) is 1.90. The molecule has 0 aliphatic carbocycles. The molecule has 116 valence electrons. The molecule has 0 aliphatic heterocycles. The first-order valence-corrected chi connectivity index (χ1v) is 8.46. The summed E-state index contributed by atoms with van der Waals surface area (Å²) in [5.74, 6) is -0.102. The Morgan fingerprint density at radius 2 is 2.18 bits per heavy atom. The Bertz CT molecular complexity index is 694. The van der Waals surface area contributed by atoms with E-state index in [2.05, 4.69) is 26.2 Å². The highest BCUT2D eigenvalue weighted by Gasteiger charge is 2.14. The van der Waals surface area contributed by atoms with Gasteiger partial charge >= 0.3 is 0 Å². The lowest BCUT2D eigenvalue weighted by atomic mass is 10.2. The first-order chi connectivity index (χ1) is 10.5. The van der Waals surface area contributed by atoms with Gasteiger partial charge in [-0.1, -0.05) is 15.9 Å². The molecule has 5 nitrogen and oxygen atoms in total. The molecule has 2 aromatic rings. The van der Waals surface area contributed by atoms with Crippen LogP contribution in [0.4, 0.5) is 11.5 Å². The molecular weight excluding hydrogens is 366 g/mol. The molecule has 0 fully saturated rings. The highest BCUT2D eigenvalue weighted by atomic mass is 79.9. The zero-order chi connectivity index (χ0) is 16.1. The van der Waals surface area contributed by atoms with Crippen molar-refractivity contribution in [2.24, 2.45) is 0 Å². The van der Waals surface area contributed by atoms with Crippen LogP contribution in [-0.4, -0.2) is 24.3 Å². The summed E-state index contributed by atoms with van der Waals surface area (Å²) < 4.78 is 5.89. The van der Waals surface area contributed by atoms with E-state index in [0.717, 1.165) is 15.1 Å². The number of hydrogen-bond acceptors (Lipinski definition) is 5. The molecule has 1 amide bonds. The van der Waals surface area contributed by atoms with Gasteiger partial charge in [-0.25, -0.2) is 4.98 Å². The Labute approximate surface area is 141 Å². The number of hydrogen-bond donors (Lipinski definition) is 2. The van der Waals surface area contributed by atoms with Gasteiger partial charge in [0.05, 0.1) is 23.6 Å². The molecule has 0 radical (unpaired) electrons. The average molecular weight is 382 g/mol. The number of thioether (sulfide) groups is 1. The van der Waals surface area contributed by atoms with Crippen molar-refractivity contribution in [3.05, 3.63) is 46.1 Å². The molecule has 0 aliphatic rings. The predicted molar refractivity (Wildman–Crippen MR) is 93.2 cm³/mol. The first kappa shape index (κ1) is 16.8. The van der Waals surface area contributed by atoms with E-state index in [4.69, 9.17) is 10.5 Å². The second-order valence-electron chi connectivity index (χ2n) is 4.47. The normalized spacial score (nSPS) is 10.5. The Balaban J connectivity index is 2.24. The predicted octanol–water partition coefficient (Wildman–Crippen LogP) is 3.55. The summed E-state index contributed by atoms with van der Waals surface area (Å²) in [6.45, 7) is 0.356. The first-order valence-electron chi connectivity index (χ1n) is 6.44. The van der Waals surface area contributed by atoms with E-state index in [1.807, 2.05) is 24.5 Å². The number of benzene rings is 1. The Hall–Kier alpha value is -1.57. The van der Waals surface area contributed by atoms with Crippen LogP contribution < -0.4 is 11.1 Å². The van der Waals surface area contributed by atoms with Crippen LogP contribution >= 0.6 is 27.7 Å². The van der Waals surface area contributed by atoms with E-state index in [1.54, 1.807) is 31.0 Å². The number of ether oxygens (including phenoxy) is 1. The van der Waals surface area contributed by atoms with Gasteiger partial charge in [-0.2, -0.15) is 0 Å². The fourth-order valence-corrected chi connectivity index (χ4v) is 2.80. The monoisotopic (exact) mass is 381 g/mol. The zero-order valence-corrected chi connectivity index (χ0v) is 14.6. The number of methoxy groups -OCH3 is 1. The van der Waals surface area contributed by atoms with Crippen molar-refractivity contribution >= 4 is 45.1 Å². The third kappa shape index (κ3) is 4.00. The highest BCUT2D eigenvalue weighted by molar-refractivity contribution is 9.10. The van der Waals surface area contributed by atoms with Gasteiger partial charge in [-0.3, -0.25) is 4.79 Å². The summed E-state index contributed by atoms with van der Waals surface area (Å²) in [6, 6.07) is 9.10. The molecule has 1 aromatic heterocycles. The standard InChI is InChI=1S/C15H16BrN3O2S/c1-21-8-10-4-5-11(14(17)18-10)15(20)19-12-7-9(16)3-6-13(12)22-2/h3-7H,8H2,1-2H3,(H2,17,18)(H,19,20). The molecule has 3 N–H and O–H groups in total. The number of nitrogens with one attached hydrogen (secondary N) is 1. The molecule has 7 heteroatoms. The Morgan fingerprint density at radius 1 is 1.41 bits per heavy atom. The van der Waals surface area contributed by atoms with Crippen molar-refractivity contribution in [3.63, 3.8) is 0 Å². The van der Waals surface area contributed by atoms with E-state index >= 15 is 0 Å². The smallest absolute Gasteiger partial charge is 0.259 e. The van der Waals surface area contributed by atoms with Crippen molar-refractivity contribution in [1.29, 1.82) is 0 Å². The number of nitrogens with two attached hydrogens (primary N) is 1. The minimum Gasteiger partial charge on any atom is -0.383 e. The lowest BCUT2D eigenvalue weighted by molar-refractivity contribution is 0.102. The van der Waals surface area contributed by atoms with Crippen molar-refractivity contribution < 1.29 is 9.53 Å². The van der Waals surface area contributed by atoms with Crippen molar-refractivity contribution in [3.8, 4) is 0 Å². The van der Waals surface area contributed by atoms with Gasteiger partial charge in [-0.05, 0) is 36.6 Å². The van der Waals surface area contributed by atoms with E-state index < -0.39 is 0 Å². The van der Waals surface area contributed by atoms with Crippen LogP contribution in [-0.2, 0) is 11.3 Å². The lowest BCUT2D eigenvalue weighted by Gasteiger charge is -2.11. The van der Waals surface area contributed by atoms with Gasteiger partial charge in [0.25, 0.3) is 5.91 Å². The van der Waals surface area contributed by atoms with E-state index in [1.165, 1.54) is 0 Å². The second kappa shape index (κ2) is 7.62. The number of anilines is 2. The topological polar surface area (TPSA) is 77.2 Å². The van der Waals surface area contributed by atoms with Gasteiger partial charge in [0.2, 0.25) is 0 Å². The number of pyridine rings is 1. The number of nitrogens with zero attached hydrogens (tertiary/aromatic N) is 1. The molecule has 0 atom stereocenters. The number of halogens is 1. The van der Waals surface area contributed by atoms with E-state index in [0.29, 0.717) is 17.9 Å². The molecule has 1 heterocycles. The van der Waals surface area contributed by atoms with Crippen LogP contribution in [0.5, 0.6) is 0 Å². The number of nitrogen functional groups attached to an aromatic ring is 1. The minimum absolute atomic E-state index is 0.188. The maximum atomic E-state index is 12.4. The summed E-state index contributed by atoms with van der Waals surface area (Å²) >= 11 is 4.96. The third-order valence-electron chi connectivity index (χ3n) is 2.93. The quantitative estimate of drug-likeness (QED) is 0.774. The molecule has 0 unspecified atom stereocenters. The van der Waals surface area contributed by atoms with Crippen LogP contribution in [0.3, 0.4) is 0 Å². The molecule has 0 spiro atoms. The number of rotatable bonds is 5. The summed E-state index contributed by atoms with van der Waals surface area (Å²) in [5.41, 5.74) is 7.62. The molecule has 0 saturated carbocycles. The number of carbonyl (C=O) groups is 1. The second-order valence-corrected chi connectivity index (χ2v) is 6.23. The van der Waals surface area contributed by atoms with Crippen molar-refractivity contribution in [1.82, 2.24) is 4.98 Å². The molecule has 22 heavy (non-hydrogen) atoms. The van der Waals surface area contributed by atoms with Crippen LogP contribution in [0.2, 0.25) is 0 Å². The number of carbonyl (C=O) groups excluding carboxylic acids is 1. The molecule has 1 aromatic carbocycles. The number of amides is 1. The van der Waals surface area contributed by atoms with Gasteiger partial charge in [0.1, 0.15) is 5.82 Å². The zero-order valence-electron chi connectivity index (χ0n) is 12.2. The summed E-state index contributed by atoms with van der Waals surface area (Å²) in [7, 11) is 1.58. The molecule has 0 bridgehead atoms. The molecule has 0 saturated heterocycles. The third-order valence-corrected chi connectivity index (χ3v) is 4.22. The van der Waals surface area contributed by atoms with Gasteiger partial charge < -0.3 is 15.8 Å². The SMILES string of the molecule is COCc1ccc(C(=O)Nc2cc(Br)ccc2SC)c(N)n1. The molecular formula is C15H16BrN3O2S. The van der Waals surface area contributed by atoms with Crippen LogP contribution in [0.15, 0.2) is 39.7 Å². The van der Waals surface area contributed by atoms with Crippen LogP contribution in [0, 0.1) is 0 Å². The Morgan fingerprint density at radius 3 is 2.82 bits per heavy atom. The number of aromatic nitrogens is 1.